The summed E-state index contributed by atoms with van der Waals surface area (Å²) in [6.45, 7) is 1.96. The van der Waals surface area contributed by atoms with Crippen LogP contribution in [0.15, 0.2) is 24.3 Å². The molecule has 1 aliphatic rings. The Kier molecular flexibility index (Phi) is 3.05. The van der Waals surface area contributed by atoms with Crippen LogP contribution in [0.2, 0.25) is 10.0 Å². The van der Waals surface area contributed by atoms with Crippen LogP contribution < -0.4 is 10.6 Å². The maximum absolute atomic E-state index is 6.10. The summed E-state index contributed by atoms with van der Waals surface area (Å²) in [5.41, 5.74) is 1.78. The Morgan fingerprint density at radius 1 is 1.39 bits per heavy atom. The molecule has 1 aliphatic heterocycles. The summed E-state index contributed by atoms with van der Waals surface area (Å²) >= 11 is 13.6. The molecule has 2 heterocycles. The largest absolute Gasteiger partial charge is 0.354 e. The summed E-state index contributed by atoms with van der Waals surface area (Å²) in [4.78, 5) is 0. The highest BCUT2D eigenvalue weighted by Crippen LogP contribution is 2.33. The van der Waals surface area contributed by atoms with E-state index < -0.39 is 0 Å². The zero-order valence-corrected chi connectivity index (χ0v) is 11.8. The van der Waals surface area contributed by atoms with Crippen LogP contribution in [0.25, 0.3) is 0 Å². The molecule has 18 heavy (non-hydrogen) atoms. The van der Waals surface area contributed by atoms with Crippen molar-refractivity contribution in [3.8, 4) is 0 Å². The number of hydrogen-bond donors (Lipinski definition) is 2. The lowest BCUT2D eigenvalue weighted by Crippen LogP contribution is -2.21. The Morgan fingerprint density at radius 3 is 3.00 bits per heavy atom. The molecule has 0 saturated heterocycles. The Balaban J connectivity index is 1.76. The fourth-order valence-corrected chi connectivity index (χ4v) is 3.02. The van der Waals surface area contributed by atoms with E-state index in [1.54, 1.807) is 30.1 Å². The first-order valence-electron chi connectivity index (χ1n) is 5.34. The molecule has 1 aromatic heterocycles. The second-order valence-electron chi connectivity index (χ2n) is 3.94. The molecule has 2 aromatic rings. The van der Waals surface area contributed by atoms with E-state index in [1.165, 1.54) is 0 Å². The smallest absolute Gasteiger partial charge is 0.168 e. The highest BCUT2D eigenvalue weighted by molar-refractivity contribution is 7.98. The van der Waals surface area contributed by atoms with Crippen molar-refractivity contribution >= 4 is 46.7 Å². The van der Waals surface area contributed by atoms with Crippen molar-refractivity contribution in [3.05, 3.63) is 40.0 Å². The van der Waals surface area contributed by atoms with Crippen LogP contribution in [0.3, 0.4) is 0 Å². The molecular weight excluding hydrogens is 291 g/mol. The van der Waals surface area contributed by atoms with Crippen LogP contribution >= 0.6 is 35.1 Å². The number of rotatable bonds is 2. The molecule has 1 aromatic carbocycles. The highest BCUT2D eigenvalue weighted by Gasteiger charge is 2.23. The Labute approximate surface area is 119 Å². The van der Waals surface area contributed by atoms with Crippen molar-refractivity contribution in [3.63, 3.8) is 0 Å². The van der Waals surface area contributed by atoms with E-state index in [0.29, 0.717) is 10.0 Å². The highest BCUT2D eigenvalue weighted by atomic mass is 35.5. The maximum Gasteiger partial charge on any atom is 0.168 e. The van der Waals surface area contributed by atoms with Crippen LogP contribution in [-0.4, -0.2) is 14.7 Å². The Morgan fingerprint density at radius 2 is 2.22 bits per heavy atom. The van der Waals surface area contributed by atoms with Crippen molar-refractivity contribution in [2.75, 3.05) is 10.6 Å². The molecule has 0 amide bonds. The molecule has 0 spiro atoms. The predicted molar refractivity (Wildman–Crippen MR) is 77.4 cm³/mol. The molecule has 7 heteroatoms. The average molecular weight is 301 g/mol. The van der Waals surface area contributed by atoms with Gasteiger partial charge < -0.3 is 10.6 Å². The third-order valence-corrected chi connectivity index (χ3v) is 3.99. The molecule has 0 fully saturated rings. The first kappa shape index (κ1) is 12.0. The van der Waals surface area contributed by atoms with Gasteiger partial charge in [-0.3, -0.25) is 0 Å². The number of anilines is 2. The number of nitrogens with zero attached hydrogens (tertiary/aromatic N) is 2. The number of hydrogen-bond acceptors (Lipinski definition) is 4. The molecule has 0 unspecified atom stereocenters. The van der Waals surface area contributed by atoms with Crippen LogP contribution in [0.1, 0.15) is 5.69 Å². The van der Waals surface area contributed by atoms with Gasteiger partial charge in [0.25, 0.3) is 0 Å². The third-order valence-electron chi connectivity index (χ3n) is 2.50. The monoisotopic (exact) mass is 300 g/mol. The first-order chi connectivity index (χ1) is 8.61. The van der Waals surface area contributed by atoms with Gasteiger partial charge in [-0.2, -0.15) is 9.19 Å². The average Bonchev–Trinajstić information content (AvgIpc) is 2.80. The lowest BCUT2D eigenvalue weighted by atomic mass is 10.3. The Hall–Kier alpha value is -1.04. The van der Waals surface area contributed by atoms with Gasteiger partial charge in [0.2, 0.25) is 0 Å². The summed E-state index contributed by atoms with van der Waals surface area (Å²) in [5.74, 6) is 0.980. The lowest BCUT2D eigenvalue weighted by Gasteiger charge is -2.14. The van der Waals surface area contributed by atoms with Crippen LogP contribution in [0, 0.1) is 6.92 Å². The SMILES string of the molecule is Cc1cc2n(n1)S[C@@H](Nc1cc(Cl)ccc1Cl)N2. The fourth-order valence-electron chi connectivity index (χ4n) is 1.73. The molecule has 3 rings (SSSR count). The molecule has 1 atom stereocenters. The van der Waals surface area contributed by atoms with E-state index >= 15 is 0 Å². The van der Waals surface area contributed by atoms with Crippen molar-refractivity contribution in [2.24, 2.45) is 0 Å². The van der Waals surface area contributed by atoms with E-state index in [2.05, 4.69) is 15.7 Å². The standard InChI is InChI=1S/C11H10Cl2N4S/c1-6-4-10-15-11(18-17(10)16-6)14-9-5-7(12)2-3-8(9)13/h2-5,11,14-15H,1H3/t11-/m0/s1. The van der Waals surface area contributed by atoms with E-state index in [4.69, 9.17) is 23.2 Å². The van der Waals surface area contributed by atoms with Gasteiger partial charge in [-0.1, -0.05) is 23.2 Å². The van der Waals surface area contributed by atoms with Gasteiger partial charge >= 0.3 is 0 Å². The third kappa shape index (κ3) is 2.25. The molecule has 0 saturated carbocycles. The minimum absolute atomic E-state index is 0.0101. The predicted octanol–water partition coefficient (Wildman–Crippen LogP) is 3.82. The number of fused-ring (bicyclic) bond motifs is 1. The quantitative estimate of drug-likeness (QED) is 0.885. The number of benzene rings is 1. The zero-order chi connectivity index (χ0) is 12.7. The van der Waals surface area contributed by atoms with Crippen LogP contribution in [-0.2, 0) is 0 Å². The van der Waals surface area contributed by atoms with Crippen molar-refractivity contribution < 1.29 is 0 Å². The normalized spacial score (nSPS) is 17.4. The number of halogens is 2. The van der Waals surface area contributed by atoms with E-state index in [-0.39, 0.29) is 5.50 Å². The van der Waals surface area contributed by atoms with Crippen molar-refractivity contribution in [1.82, 2.24) is 9.19 Å². The maximum atomic E-state index is 6.10. The van der Waals surface area contributed by atoms with Gasteiger partial charge in [-0.25, -0.2) is 0 Å². The summed E-state index contributed by atoms with van der Waals surface area (Å²) in [7, 11) is 0. The molecule has 0 aliphatic carbocycles. The van der Waals surface area contributed by atoms with Crippen LogP contribution in [0.5, 0.6) is 0 Å². The van der Waals surface area contributed by atoms with Crippen LogP contribution in [0.4, 0.5) is 11.5 Å². The van der Waals surface area contributed by atoms with E-state index in [9.17, 15) is 0 Å². The van der Waals surface area contributed by atoms with Gasteiger partial charge in [0.1, 0.15) is 5.82 Å². The van der Waals surface area contributed by atoms with Gasteiger partial charge in [-0.05, 0) is 25.1 Å². The minimum Gasteiger partial charge on any atom is -0.354 e. The zero-order valence-electron chi connectivity index (χ0n) is 9.45. The molecule has 2 N–H and O–H groups in total. The number of aromatic nitrogens is 2. The van der Waals surface area contributed by atoms with Crippen molar-refractivity contribution in [1.29, 1.82) is 0 Å². The summed E-state index contributed by atoms with van der Waals surface area (Å²) in [6, 6.07) is 7.33. The first-order valence-corrected chi connectivity index (χ1v) is 6.93. The van der Waals surface area contributed by atoms with E-state index in [0.717, 1.165) is 17.2 Å². The molecular formula is C11H10Cl2N4S. The lowest BCUT2D eigenvalue weighted by molar-refractivity contribution is 0.996. The molecule has 4 nitrogen and oxygen atoms in total. The topological polar surface area (TPSA) is 41.9 Å². The second kappa shape index (κ2) is 4.57. The summed E-state index contributed by atoms with van der Waals surface area (Å²) in [5, 5.41) is 12.2. The summed E-state index contributed by atoms with van der Waals surface area (Å²) in [6.07, 6.45) is 0. The van der Waals surface area contributed by atoms with E-state index in [1.807, 2.05) is 17.1 Å². The second-order valence-corrected chi connectivity index (χ2v) is 5.81. The summed E-state index contributed by atoms with van der Waals surface area (Å²) < 4.78 is 1.85. The van der Waals surface area contributed by atoms with Gasteiger partial charge in [-0.15, -0.1) is 0 Å². The van der Waals surface area contributed by atoms with Crippen molar-refractivity contribution in [2.45, 2.75) is 12.4 Å². The molecule has 0 bridgehead atoms. The fraction of sp³-hybridized carbons (Fsp3) is 0.182. The molecule has 0 radical (unpaired) electrons. The minimum atomic E-state index is -0.0101. The number of aryl methyl sites for hydroxylation is 1. The van der Waals surface area contributed by atoms with Gasteiger partial charge in [0, 0.05) is 23.0 Å². The van der Waals surface area contributed by atoms with Gasteiger partial charge in [0.05, 0.1) is 16.4 Å². The Bertz CT molecular complexity index is 575. The molecule has 94 valence electrons. The number of nitrogens with one attached hydrogen (secondary N) is 2. The van der Waals surface area contributed by atoms with Gasteiger partial charge in [0.15, 0.2) is 5.50 Å².